The van der Waals surface area contributed by atoms with Gasteiger partial charge in [-0.15, -0.1) is 0 Å². The van der Waals surface area contributed by atoms with Gasteiger partial charge in [0.1, 0.15) is 11.4 Å². The first-order valence-corrected chi connectivity index (χ1v) is 7.68. The number of benzene rings is 1. The van der Waals surface area contributed by atoms with Gasteiger partial charge in [0.2, 0.25) is 0 Å². The van der Waals surface area contributed by atoms with E-state index in [0.29, 0.717) is 17.9 Å². The van der Waals surface area contributed by atoms with Gasteiger partial charge in [-0.05, 0) is 37.5 Å². The van der Waals surface area contributed by atoms with E-state index in [2.05, 4.69) is 0 Å². The Bertz CT molecular complexity index is 628. The van der Waals surface area contributed by atoms with E-state index in [1.165, 1.54) is 4.90 Å². The van der Waals surface area contributed by atoms with Crippen LogP contribution in [0.2, 0.25) is 0 Å². The van der Waals surface area contributed by atoms with Crippen molar-refractivity contribution in [2.24, 2.45) is 0 Å². The second-order valence-corrected chi connectivity index (χ2v) is 5.54. The second kappa shape index (κ2) is 5.83. The monoisotopic (exact) mass is 300 g/mol. The van der Waals surface area contributed by atoms with Gasteiger partial charge >= 0.3 is 0 Å². The zero-order chi connectivity index (χ0) is 15.7. The average Bonchev–Trinajstić information content (AvgIpc) is 3.12. The highest BCUT2D eigenvalue weighted by molar-refractivity contribution is 6.35. The summed E-state index contributed by atoms with van der Waals surface area (Å²) >= 11 is 0. The molecular weight excluding hydrogens is 280 g/mol. The topological polar surface area (TPSA) is 49.9 Å². The van der Waals surface area contributed by atoms with Crippen LogP contribution in [0.25, 0.3) is 5.57 Å². The number of hydrogen-bond donors (Lipinski definition) is 0. The molecule has 0 radical (unpaired) electrons. The zero-order valence-corrected chi connectivity index (χ0v) is 13.0. The molecule has 2 aliphatic rings. The number of nitrogens with zero attached hydrogens (tertiary/aromatic N) is 2. The van der Waals surface area contributed by atoms with Gasteiger partial charge in [-0.3, -0.25) is 14.5 Å². The van der Waals surface area contributed by atoms with Crippen LogP contribution in [0, 0.1) is 0 Å². The van der Waals surface area contributed by atoms with Crippen LogP contribution in [0.1, 0.15) is 25.3 Å². The fourth-order valence-electron chi connectivity index (χ4n) is 3.01. The smallest absolute Gasteiger partial charge is 0.277 e. The van der Waals surface area contributed by atoms with Crippen molar-refractivity contribution in [3.05, 3.63) is 35.5 Å². The third kappa shape index (κ3) is 2.36. The lowest BCUT2D eigenvalue weighted by Crippen LogP contribution is -2.31. The van der Waals surface area contributed by atoms with Gasteiger partial charge in [-0.2, -0.15) is 0 Å². The van der Waals surface area contributed by atoms with E-state index in [-0.39, 0.29) is 11.8 Å². The van der Waals surface area contributed by atoms with E-state index < -0.39 is 0 Å². The predicted octanol–water partition coefficient (Wildman–Crippen LogP) is 1.89. The van der Waals surface area contributed by atoms with E-state index in [4.69, 9.17) is 4.74 Å². The van der Waals surface area contributed by atoms with Gasteiger partial charge < -0.3 is 9.64 Å². The number of ether oxygens (including phenoxy) is 1. The quantitative estimate of drug-likeness (QED) is 0.797. The largest absolute Gasteiger partial charge is 0.494 e. The molecule has 5 heteroatoms. The molecule has 0 bridgehead atoms. The first kappa shape index (κ1) is 14.6. The number of rotatable bonds is 4. The molecule has 1 aromatic rings. The molecule has 0 aromatic heterocycles. The Kier molecular flexibility index (Phi) is 3.88. The first-order chi connectivity index (χ1) is 10.6. The summed E-state index contributed by atoms with van der Waals surface area (Å²) in [5, 5.41) is 0. The van der Waals surface area contributed by atoms with Crippen molar-refractivity contribution in [1.29, 1.82) is 0 Å². The average molecular weight is 300 g/mol. The summed E-state index contributed by atoms with van der Waals surface area (Å²) in [6.07, 6.45) is 2.12. The summed E-state index contributed by atoms with van der Waals surface area (Å²) < 4.78 is 5.43. The Hall–Kier alpha value is -2.30. The number of carbonyl (C=O) groups excluding carboxylic acids is 2. The highest BCUT2D eigenvalue weighted by Gasteiger charge is 2.39. The second-order valence-electron chi connectivity index (χ2n) is 5.54. The number of carbonyl (C=O) groups is 2. The van der Waals surface area contributed by atoms with Crippen molar-refractivity contribution in [3.8, 4) is 5.75 Å². The van der Waals surface area contributed by atoms with Gasteiger partial charge in [0.25, 0.3) is 11.8 Å². The Labute approximate surface area is 130 Å². The summed E-state index contributed by atoms with van der Waals surface area (Å²) in [5.74, 6) is 0.339. The lowest BCUT2D eigenvalue weighted by molar-refractivity contribution is -0.135. The van der Waals surface area contributed by atoms with Crippen LogP contribution in [0.5, 0.6) is 5.75 Å². The lowest BCUT2D eigenvalue weighted by atomic mass is 10.0. The van der Waals surface area contributed by atoms with E-state index in [9.17, 15) is 9.59 Å². The molecule has 0 aliphatic carbocycles. The predicted molar refractivity (Wildman–Crippen MR) is 83.1 cm³/mol. The van der Waals surface area contributed by atoms with Gasteiger partial charge in [0.15, 0.2) is 0 Å². The molecule has 5 nitrogen and oxygen atoms in total. The minimum Gasteiger partial charge on any atom is -0.494 e. The Morgan fingerprint density at radius 3 is 2.27 bits per heavy atom. The summed E-state index contributed by atoms with van der Waals surface area (Å²) in [7, 11) is 1.54. The van der Waals surface area contributed by atoms with Gasteiger partial charge in [0, 0.05) is 20.1 Å². The van der Waals surface area contributed by atoms with Crippen molar-refractivity contribution >= 4 is 17.4 Å². The molecule has 22 heavy (non-hydrogen) atoms. The van der Waals surface area contributed by atoms with E-state index in [0.717, 1.165) is 37.2 Å². The van der Waals surface area contributed by atoms with Crippen LogP contribution in [0.4, 0.5) is 0 Å². The fraction of sp³-hybridized carbons (Fsp3) is 0.412. The van der Waals surface area contributed by atoms with Crippen molar-refractivity contribution < 1.29 is 14.3 Å². The molecule has 1 fully saturated rings. The van der Waals surface area contributed by atoms with E-state index >= 15 is 0 Å². The zero-order valence-electron chi connectivity index (χ0n) is 13.0. The van der Waals surface area contributed by atoms with Crippen LogP contribution < -0.4 is 4.74 Å². The third-order valence-electron chi connectivity index (χ3n) is 4.14. The van der Waals surface area contributed by atoms with Crippen molar-refractivity contribution in [1.82, 2.24) is 9.80 Å². The Morgan fingerprint density at radius 1 is 1.05 bits per heavy atom. The van der Waals surface area contributed by atoms with Gasteiger partial charge in [0.05, 0.1) is 12.2 Å². The highest BCUT2D eigenvalue weighted by Crippen LogP contribution is 2.33. The minimum atomic E-state index is -0.226. The molecule has 0 saturated carbocycles. The van der Waals surface area contributed by atoms with E-state index in [1.807, 2.05) is 36.1 Å². The molecule has 0 spiro atoms. The normalized spacial score (nSPS) is 18.6. The molecule has 3 rings (SSSR count). The summed E-state index contributed by atoms with van der Waals surface area (Å²) in [6, 6.07) is 7.37. The summed E-state index contributed by atoms with van der Waals surface area (Å²) in [5.41, 5.74) is 1.83. The van der Waals surface area contributed by atoms with Crippen LogP contribution in [0.3, 0.4) is 0 Å². The highest BCUT2D eigenvalue weighted by atomic mass is 16.5. The Morgan fingerprint density at radius 2 is 1.68 bits per heavy atom. The maximum atomic E-state index is 12.5. The molecule has 2 aliphatic heterocycles. The van der Waals surface area contributed by atoms with Crippen molar-refractivity contribution in [3.63, 3.8) is 0 Å². The van der Waals surface area contributed by atoms with Crippen LogP contribution >= 0.6 is 0 Å². The lowest BCUT2D eigenvalue weighted by Gasteiger charge is -2.19. The minimum absolute atomic E-state index is 0.198. The number of hydrogen-bond acceptors (Lipinski definition) is 4. The Balaban J connectivity index is 2.02. The standard InChI is InChI=1S/C17H20N2O3/c1-3-22-13-8-6-12(7-9-13)14-15(19-10-4-5-11-19)17(21)18(2)16(14)20/h6-9H,3-5,10-11H2,1-2H3. The number of likely N-dealkylation sites (tertiary alicyclic amines) is 1. The SMILES string of the molecule is CCOc1ccc(C2=C(N3CCCC3)C(=O)N(C)C2=O)cc1. The molecule has 0 N–H and O–H groups in total. The summed E-state index contributed by atoms with van der Waals surface area (Å²) in [4.78, 5) is 28.2. The molecule has 2 heterocycles. The molecule has 116 valence electrons. The maximum Gasteiger partial charge on any atom is 0.277 e. The first-order valence-electron chi connectivity index (χ1n) is 7.68. The molecule has 2 amide bonds. The number of amides is 2. The van der Waals surface area contributed by atoms with Crippen LogP contribution in [-0.2, 0) is 9.59 Å². The van der Waals surface area contributed by atoms with Crippen molar-refractivity contribution in [2.75, 3.05) is 26.7 Å². The van der Waals surface area contributed by atoms with Crippen LogP contribution in [0.15, 0.2) is 30.0 Å². The number of likely N-dealkylation sites (N-methyl/N-ethyl adjacent to an activating group) is 1. The number of imide groups is 1. The molecule has 1 aromatic carbocycles. The van der Waals surface area contributed by atoms with Gasteiger partial charge in [-0.1, -0.05) is 12.1 Å². The molecule has 1 saturated heterocycles. The van der Waals surface area contributed by atoms with E-state index in [1.54, 1.807) is 7.05 Å². The molecular formula is C17H20N2O3. The molecule has 0 atom stereocenters. The molecule has 0 unspecified atom stereocenters. The fourth-order valence-corrected chi connectivity index (χ4v) is 3.01. The van der Waals surface area contributed by atoms with Gasteiger partial charge in [-0.25, -0.2) is 0 Å². The maximum absolute atomic E-state index is 12.5. The summed E-state index contributed by atoms with van der Waals surface area (Å²) in [6.45, 7) is 4.20. The van der Waals surface area contributed by atoms with Crippen LogP contribution in [-0.4, -0.2) is 48.4 Å². The van der Waals surface area contributed by atoms with Crippen molar-refractivity contribution in [2.45, 2.75) is 19.8 Å². The third-order valence-corrected chi connectivity index (χ3v) is 4.14.